The molecule has 0 unspecified atom stereocenters. The number of aromatic nitrogens is 1. The molecule has 2 heterocycles. The van der Waals surface area contributed by atoms with Crippen LogP contribution in [0.15, 0.2) is 85.1 Å². The van der Waals surface area contributed by atoms with Gasteiger partial charge in [0.15, 0.2) is 0 Å². The zero-order valence-corrected chi connectivity index (χ0v) is 20.2. The van der Waals surface area contributed by atoms with Gasteiger partial charge in [-0.1, -0.05) is 60.7 Å². The molecule has 0 N–H and O–H groups in total. The van der Waals surface area contributed by atoms with Crippen LogP contribution in [-0.2, 0) is 22.5 Å². The molecule has 0 saturated carbocycles. The van der Waals surface area contributed by atoms with Crippen molar-refractivity contribution in [1.82, 2.24) is 9.47 Å². The Morgan fingerprint density at radius 1 is 0.914 bits per heavy atom. The highest BCUT2D eigenvalue weighted by Gasteiger charge is 2.25. The molecule has 0 spiro atoms. The minimum absolute atomic E-state index is 0.0924. The molecule has 4 aromatic rings. The van der Waals surface area contributed by atoms with Crippen molar-refractivity contribution < 1.29 is 14.3 Å². The summed E-state index contributed by atoms with van der Waals surface area (Å²) >= 11 is 0. The standard InChI is InChI=1S/C30H32N2O3/c1-34-26-13-11-24(12-14-26)21-32-22-28(27-9-5-6-10-29(27)32)25(19-23-7-3-2-4-8-23)20-30(33)31-15-17-35-18-16-31/h2-14,22,25H,15-21H2,1H3/t25-/m1/s1. The fourth-order valence-corrected chi connectivity index (χ4v) is 5.00. The molecular weight excluding hydrogens is 436 g/mol. The lowest BCUT2D eigenvalue weighted by atomic mass is 9.88. The number of fused-ring (bicyclic) bond motifs is 1. The van der Waals surface area contributed by atoms with Gasteiger partial charge in [0.2, 0.25) is 5.91 Å². The summed E-state index contributed by atoms with van der Waals surface area (Å²) in [6, 6.07) is 27.2. The minimum atomic E-state index is 0.0924. The van der Waals surface area contributed by atoms with Crippen molar-refractivity contribution in [1.29, 1.82) is 0 Å². The SMILES string of the molecule is COc1ccc(Cn2cc([C@@H](CC(=O)N3CCOCC3)Cc3ccccc3)c3ccccc32)cc1. The van der Waals surface area contributed by atoms with Gasteiger partial charge in [0.1, 0.15) is 5.75 Å². The third-order valence-corrected chi connectivity index (χ3v) is 6.88. The molecule has 1 atom stereocenters. The predicted octanol–water partition coefficient (Wildman–Crippen LogP) is 5.27. The van der Waals surface area contributed by atoms with Gasteiger partial charge in [0.05, 0.1) is 20.3 Å². The Bertz CT molecular complexity index is 1260. The number of rotatable bonds is 8. The molecule has 0 radical (unpaired) electrons. The summed E-state index contributed by atoms with van der Waals surface area (Å²) in [6.07, 6.45) is 3.58. The number of ether oxygens (including phenoxy) is 2. The van der Waals surface area contributed by atoms with Gasteiger partial charge in [0, 0.05) is 43.2 Å². The zero-order valence-electron chi connectivity index (χ0n) is 20.2. The maximum absolute atomic E-state index is 13.3. The van der Waals surface area contributed by atoms with Crippen LogP contribution in [0.25, 0.3) is 10.9 Å². The number of nitrogens with zero attached hydrogens (tertiary/aromatic N) is 2. The fourth-order valence-electron chi connectivity index (χ4n) is 5.00. The van der Waals surface area contributed by atoms with Crippen LogP contribution >= 0.6 is 0 Å². The normalized spacial score (nSPS) is 14.7. The van der Waals surface area contributed by atoms with Gasteiger partial charge in [-0.15, -0.1) is 0 Å². The van der Waals surface area contributed by atoms with Gasteiger partial charge in [0.25, 0.3) is 0 Å². The van der Waals surface area contributed by atoms with Gasteiger partial charge < -0.3 is 18.9 Å². The Hall–Kier alpha value is -3.57. The Morgan fingerprint density at radius 2 is 1.63 bits per heavy atom. The highest BCUT2D eigenvalue weighted by molar-refractivity contribution is 5.86. The third-order valence-electron chi connectivity index (χ3n) is 6.88. The highest BCUT2D eigenvalue weighted by Crippen LogP contribution is 2.33. The molecule has 5 nitrogen and oxygen atoms in total. The van der Waals surface area contributed by atoms with Crippen LogP contribution in [-0.4, -0.2) is 48.8 Å². The molecule has 1 aliphatic rings. The van der Waals surface area contributed by atoms with E-state index in [4.69, 9.17) is 9.47 Å². The molecule has 1 aromatic heterocycles. The van der Waals surface area contributed by atoms with Crippen LogP contribution in [0.3, 0.4) is 0 Å². The largest absolute Gasteiger partial charge is 0.497 e. The Morgan fingerprint density at radius 3 is 2.37 bits per heavy atom. The number of morpholine rings is 1. The first-order chi connectivity index (χ1) is 17.2. The van der Waals surface area contributed by atoms with Gasteiger partial charge >= 0.3 is 0 Å². The van der Waals surface area contributed by atoms with Crippen molar-refractivity contribution >= 4 is 16.8 Å². The van der Waals surface area contributed by atoms with E-state index in [2.05, 4.69) is 71.4 Å². The van der Waals surface area contributed by atoms with E-state index < -0.39 is 0 Å². The van der Waals surface area contributed by atoms with Crippen LogP contribution in [0.1, 0.15) is 29.0 Å². The van der Waals surface area contributed by atoms with Crippen LogP contribution in [0, 0.1) is 0 Å². The summed E-state index contributed by atoms with van der Waals surface area (Å²) in [7, 11) is 1.69. The van der Waals surface area contributed by atoms with E-state index in [-0.39, 0.29) is 11.8 Å². The molecule has 0 aliphatic carbocycles. The summed E-state index contributed by atoms with van der Waals surface area (Å²) in [5, 5.41) is 1.22. The molecule has 5 heteroatoms. The zero-order chi connectivity index (χ0) is 24.0. The number of methoxy groups -OCH3 is 1. The number of amides is 1. The average Bonchev–Trinajstić information content (AvgIpc) is 3.28. The molecular formula is C30H32N2O3. The number of hydrogen-bond donors (Lipinski definition) is 0. The molecule has 5 rings (SSSR count). The van der Waals surface area contributed by atoms with Crippen molar-refractivity contribution in [2.24, 2.45) is 0 Å². The fraction of sp³-hybridized carbons (Fsp3) is 0.300. The summed E-state index contributed by atoms with van der Waals surface area (Å²) in [4.78, 5) is 15.3. The van der Waals surface area contributed by atoms with Crippen LogP contribution in [0.2, 0.25) is 0 Å². The average molecular weight is 469 g/mol. The van der Waals surface area contributed by atoms with Gasteiger partial charge in [-0.3, -0.25) is 4.79 Å². The van der Waals surface area contributed by atoms with Crippen molar-refractivity contribution in [2.75, 3.05) is 33.4 Å². The number of carbonyl (C=O) groups is 1. The van der Waals surface area contributed by atoms with E-state index in [1.807, 2.05) is 23.1 Å². The number of para-hydroxylation sites is 1. The van der Waals surface area contributed by atoms with Gasteiger partial charge in [-0.2, -0.15) is 0 Å². The van der Waals surface area contributed by atoms with Crippen LogP contribution in [0.4, 0.5) is 0 Å². The summed E-state index contributed by atoms with van der Waals surface area (Å²) in [5.41, 5.74) is 4.89. The Kier molecular flexibility index (Phi) is 7.15. The molecule has 1 saturated heterocycles. The Labute approximate surface area is 206 Å². The van der Waals surface area contributed by atoms with Gasteiger partial charge in [-0.05, 0) is 47.2 Å². The summed E-state index contributed by atoms with van der Waals surface area (Å²) in [5.74, 6) is 1.16. The smallest absolute Gasteiger partial charge is 0.223 e. The van der Waals surface area contributed by atoms with E-state index in [0.717, 1.165) is 18.7 Å². The number of benzene rings is 3. The topological polar surface area (TPSA) is 43.7 Å². The Balaban J connectivity index is 1.49. The van der Waals surface area contributed by atoms with E-state index in [0.29, 0.717) is 32.7 Å². The first-order valence-electron chi connectivity index (χ1n) is 12.3. The summed E-state index contributed by atoms with van der Waals surface area (Å²) < 4.78 is 13.1. The maximum Gasteiger partial charge on any atom is 0.223 e. The van der Waals surface area contributed by atoms with Crippen molar-refractivity contribution in [3.05, 3.63) is 102 Å². The van der Waals surface area contributed by atoms with Crippen molar-refractivity contribution in [3.63, 3.8) is 0 Å². The first kappa shape index (κ1) is 23.2. The molecule has 35 heavy (non-hydrogen) atoms. The minimum Gasteiger partial charge on any atom is -0.497 e. The second-order valence-electron chi connectivity index (χ2n) is 9.16. The van der Waals surface area contributed by atoms with E-state index in [1.54, 1.807) is 7.11 Å². The van der Waals surface area contributed by atoms with Gasteiger partial charge in [-0.25, -0.2) is 0 Å². The quantitative estimate of drug-likeness (QED) is 0.354. The molecule has 1 fully saturated rings. The summed E-state index contributed by atoms with van der Waals surface area (Å²) in [6.45, 7) is 3.36. The highest BCUT2D eigenvalue weighted by atomic mass is 16.5. The van der Waals surface area contributed by atoms with Crippen molar-refractivity contribution in [3.8, 4) is 5.75 Å². The predicted molar refractivity (Wildman–Crippen MR) is 139 cm³/mol. The third kappa shape index (κ3) is 5.41. The van der Waals surface area contributed by atoms with E-state index >= 15 is 0 Å². The molecule has 180 valence electrons. The first-order valence-corrected chi connectivity index (χ1v) is 12.3. The maximum atomic E-state index is 13.3. The van der Waals surface area contributed by atoms with E-state index in [9.17, 15) is 4.79 Å². The lowest BCUT2D eigenvalue weighted by Crippen LogP contribution is -2.41. The van der Waals surface area contributed by atoms with Crippen LogP contribution in [0.5, 0.6) is 5.75 Å². The van der Waals surface area contributed by atoms with Crippen molar-refractivity contribution in [2.45, 2.75) is 25.3 Å². The van der Waals surface area contributed by atoms with Crippen LogP contribution < -0.4 is 4.74 Å². The second kappa shape index (κ2) is 10.8. The molecule has 1 amide bonds. The van der Waals surface area contributed by atoms with E-state index in [1.165, 1.54) is 27.6 Å². The second-order valence-corrected chi connectivity index (χ2v) is 9.16. The molecule has 0 bridgehead atoms. The molecule has 3 aromatic carbocycles. The lowest BCUT2D eigenvalue weighted by Gasteiger charge is -2.28. The monoisotopic (exact) mass is 468 g/mol. The lowest BCUT2D eigenvalue weighted by molar-refractivity contribution is -0.135. The molecule has 1 aliphatic heterocycles. The number of carbonyl (C=O) groups excluding carboxylic acids is 1. The number of hydrogen-bond acceptors (Lipinski definition) is 3.